The van der Waals surface area contributed by atoms with E-state index >= 15 is 0 Å². The molecular formula is C10H16N4OS. The highest BCUT2D eigenvalue weighted by Crippen LogP contribution is 2.26. The molecule has 16 heavy (non-hydrogen) atoms. The molecule has 0 spiro atoms. The number of rotatable bonds is 2. The van der Waals surface area contributed by atoms with Crippen molar-refractivity contribution in [3.05, 3.63) is 10.6 Å². The second kappa shape index (κ2) is 3.78. The molecule has 1 aliphatic carbocycles. The van der Waals surface area contributed by atoms with Gasteiger partial charge in [-0.15, -0.1) is 5.10 Å². The Labute approximate surface area is 98.6 Å². The van der Waals surface area contributed by atoms with Crippen LogP contribution in [-0.2, 0) is 5.41 Å². The Morgan fingerprint density at radius 3 is 2.69 bits per heavy atom. The zero-order chi connectivity index (χ0) is 11.9. The lowest BCUT2D eigenvalue weighted by molar-refractivity contribution is 0.0952. The SMILES string of the molecule is CC(C)(C)c1nnsc1C(=O)NC1CC1N. The van der Waals surface area contributed by atoms with Gasteiger partial charge in [-0.25, -0.2) is 0 Å². The number of aromatic nitrogens is 2. The fourth-order valence-corrected chi connectivity index (χ4v) is 2.22. The van der Waals surface area contributed by atoms with Crippen LogP contribution in [0.3, 0.4) is 0 Å². The number of amides is 1. The molecule has 0 radical (unpaired) electrons. The number of hydrogen-bond donors (Lipinski definition) is 2. The van der Waals surface area contributed by atoms with Crippen LogP contribution < -0.4 is 11.1 Å². The second-order valence-electron chi connectivity index (χ2n) is 5.18. The van der Waals surface area contributed by atoms with E-state index in [2.05, 4.69) is 14.9 Å². The molecule has 2 rings (SSSR count). The summed E-state index contributed by atoms with van der Waals surface area (Å²) in [6.07, 6.45) is 0.864. The van der Waals surface area contributed by atoms with Crippen molar-refractivity contribution in [3.63, 3.8) is 0 Å². The molecule has 3 N–H and O–H groups in total. The van der Waals surface area contributed by atoms with Crippen LogP contribution in [0.15, 0.2) is 0 Å². The first-order valence-corrected chi connectivity index (χ1v) is 6.06. The summed E-state index contributed by atoms with van der Waals surface area (Å²) in [6.45, 7) is 6.05. The minimum absolute atomic E-state index is 0.0992. The molecule has 0 bridgehead atoms. The molecule has 6 heteroatoms. The average Bonchev–Trinajstić information content (AvgIpc) is 2.70. The standard InChI is InChI=1S/C10H16N4OS/c1-10(2,3)8-7(16-14-13-8)9(15)12-6-4-5(6)11/h5-6H,4,11H2,1-3H3,(H,12,15). The van der Waals surface area contributed by atoms with Gasteiger partial charge in [0.1, 0.15) is 4.88 Å². The van der Waals surface area contributed by atoms with E-state index in [-0.39, 0.29) is 23.4 Å². The summed E-state index contributed by atoms with van der Waals surface area (Å²) < 4.78 is 3.86. The number of nitrogens with one attached hydrogen (secondary N) is 1. The monoisotopic (exact) mass is 240 g/mol. The largest absolute Gasteiger partial charge is 0.347 e. The zero-order valence-corrected chi connectivity index (χ0v) is 10.5. The van der Waals surface area contributed by atoms with E-state index in [1.807, 2.05) is 20.8 Å². The predicted octanol–water partition coefficient (Wildman–Crippen LogP) is 0.665. The van der Waals surface area contributed by atoms with Crippen molar-refractivity contribution in [2.75, 3.05) is 0 Å². The Kier molecular flexibility index (Phi) is 2.71. The van der Waals surface area contributed by atoms with Crippen molar-refractivity contribution in [3.8, 4) is 0 Å². The molecule has 1 aromatic heterocycles. The smallest absolute Gasteiger partial charge is 0.265 e. The molecule has 2 atom stereocenters. The minimum Gasteiger partial charge on any atom is -0.347 e. The van der Waals surface area contributed by atoms with E-state index in [0.29, 0.717) is 4.88 Å². The van der Waals surface area contributed by atoms with Gasteiger partial charge in [-0.2, -0.15) is 0 Å². The van der Waals surface area contributed by atoms with E-state index in [0.717, 1.165) is 23.6 Å². The second-order valence-corrected chi connectivity index (χ2v) is 5.93. The van der Waals surface area contributed by atoms with E-state index in [1.54, 1.807) is 0 Å². The molecule has 0 saturated heterocycles. The van der Waals surface area contributed by atoms with Crippen molar-refractivity contribution >= 4 is 17.4 Å². The molecule has 5 nitrogen and oxygen atoms in total. The highest BCUT2D eigenvalue weighted by Gasteiger charge is 2.36. The lowest BCUT2D eigenvalue weighted by Crippen LogP contribution is -2.31. The topological polar surface area (TPSA) is 80.9 Å². The van der Waals surface area contributed by atoms with E-state index < -0.39 is 0 Å². The average molecular weight is 240 g/mol. The first kappa shape index (κ1) is 11.5. The molecule has 0 aromatic carbocycles. The molecule has 1 aromatic rings. The van der Waals surface area contributed by atoms with Gasteiger partial charge in [0.05, 0.1) is 5.69 Å². The number of carbonyl (C=O) groups excluding carboxylic acids is 1. The van der Waals surface area contributed by atoms with Gasteiger partial charge in [-0.1, -0.05) is 25.3 Å². The number of nitrogens with two attached hydrogens (primary N) is 1. The van der Waals surface area contributed by atoms with Crippen molar-refractivity contribution in [2.24, 2.45) is 5.73 Å². The molecular weight excluding hydrogens is 224 g/mol. The van der Waals surface area contributed by atoms with Crippen molar-refractivity contribution in [1.29, 1.82) is 0 Å². The third-order valence-electron chi connectivity index (χ3n) is 2.56. The minimum atomic E-state index is -0.161. The maximum atomic E-state index is 11.9. The first-order chi connectivity index (χ1) is 7.39. The lowest BCUT2D eigenvalue weighted by atomic mass is 9.91. The van der Waals surface area contributed by atoms with Crippen LogP contribution in [0.25, 0.3) is 0 Å². The first-order valence-electron chi connectivity index (χ1n) is 5.29. The van der Waals surface area contributed by atoms with Crippen LogP contribution in [0.5, 0.6) is 0 Å². The van der Waals surface area contributed by atoms with Gasteiger partial charge in [-0.3, -0.25) is 4.79 Å². The van der Waals surface area contributed by atoms with Crippen molar-refractivity contribution < 1.29 is 4.79 Å². The van der Waals surface area contributed by atoms with Crippen LogP contribution in [0.2, 0.25) is 0 Å². The van der Waals surface area contributed by atoms with E-state index in [9.17, 15) is 4.79 Å². The van der Waals surface area contributed by atoms with E-state index in [4.69, 9.17) is 5.73 Å². The molecule has 0 aliphatic heterocycles. The summed E-state index contributed by atoms with van der Waals surface area (Å²) >= 11 is 1.14. The van der Waals surface area contributed by atoms with Gasteiger partial charge in [0.15, 0.2) is 0 Å². The predicted molar refractivity (Wildman–Crippen MR) is 62.5 cm³/mol. The molecule has 1 heterocycles. The molecule has 1 fully saturated rings. The Morgan fingerprint density at radius 2 is 2.19 bits per heavy atom. The van der Waals surface area contributed by atoms with Gasteiger partial charge in [0.2, 0.25) is 0 Å². The van der Waals surface area contributed by atoms with Crippen LogP contribution in [0.4, 0.5) is 0 Å². The summed E-state index contributed by atoms with van der Waals surface area (Å²) in [4.78, 5) is 12.5. The molecule has 88 valence electrons. The van der Waals surface area contributed by atoms with Gasteiger partial charge in [0, 0.05) is 17.5 Å². The van der Waals surface area contributed by atoms with Crippen molar-refractivity contribution in [1.82, 2.24) is 14.9 Å². The van der Waals surface area contributed by atoms with Crippen LogP contribution in [0.1, 0.15) is 42.6 Å². The number of hydrogen-bond acceptors (Lipinski definition) is 5. The Balaban J connectivity index is 2.14. The maximum Gasteiger partial charge on any atom is 0.265 e. The summed E-state index contributed by atoms with van der Waals surface area (Å²) in [5.41, 5.74) is 6.24. The zero-order valence-electron chi connectivity index (χ0n) is 9.65. The lowest BCUT2D eigenvalue weighted by Gasteiger charge is -2.16. The van der Waals surface area contributed by atoms with Gasteiger partial charge >= 0.3 is 0 Å². The summed E-state index contributed by atoms with van der Waals surface area (Å²) in [5, 5.41) is 6.92. The van der Waals surface area contributed by atoms with Crippen LogP contribution in [0, 0.1) is 0 Å². The van der Waals surface area contributed by atoms with Crippen LogP contribution in [-0.4, -0.2) is 27.6 Å². The Hall–Kier alpha value is -1.01. The van der Waals surface area contributed by atoms with Gasteiger partial charge in [-0.05, 0) is 18.0 Å². The van der Waals surface area contributed by atoms with Crippen LogP contribution >= 0.6 is 11.5 Å². The molecule has 2 unspecified atom stereocenters. The summed E-state index contributed by atoms with van der Waals surface area (Å²) in [6, 6.07) is 0.241. The number of carbonyl (C=O) groups is 1. The summed E-state index contributed by atoms with van der Waals surface area (Å²) in [5.74, 6) is -0.0992. The summed E-state index contributed by atoms with van der Waals surface area (Å²) in [7, 11) is 0. The van der Waals surface area contributed by atoms with E-state index in [1.165, 1.54) is 0 Å². The maximum absolute atomic E-state index is 11.9. The molecule has 1 saturated carbocycles. The quantitative estimate of drug-likeness (QED) is 0.796. The van der Waals surface area contributed by atoms with Gasteiger partial charge in [0.25, 0.3) is 5.91 Å². The molecule has 1 amide bonds. The molecule has 1 aliphatic rings. The third kappa shape index (κ3) is 2.22. The Bertz CT molecular complexity index is 409. The fraction of sp³-hybridized carbons (Fsp3) is 0.700. The third-order valence-corrected chi connectivity index (χ3v) is 3.29. The normalized spacial score (nSPS) is 24.2. The highest BCUT2D eigenvalue weighted by molar-refractivity contribution is 7.08. The highest BCUT2D eigenvalue weighted by atomic mass is 32.1. The fourth-order valence-electron chi connectivity index (χ4n) is 1.44. The van der Waals surface area contributed by atoms with Gasteiger partial charge < -0.3 is 11.1 Å². The number of nitrogens with zero attached hydrogens (tertiary/aromatic N) is 2. The Morgan fingerprint density at radius 1 is 1.56 bits per heavy atom. The van der Waals surface area contributed by atoms with Crippen molar-refractivity contribution in [2.45, 2.75) is 44.7 Å².